The normalized spacial score (nSPS) is 10.2. The van der Waals surface area contributed by atoms with Gasteiger partial charge in [-0.3, -0.25) is 10.1 Å². The molecule has 2 aromatic rings. The van der Waals surface area contributed by atoms with E-state index in [1.165, 1.54) is 30.6 Å². The quantitative estimate of drug-likeness (QED) is 0.437. The molecule has 0 unspecified atom stereocenters. The largest absolute Gasteiger partial charge is 0.493 e. The van der Waals surface area contributed by atoms with Crippen LogP contribution in [0.25, 0.3) is 0 Å². The van der Waals surface area contributed by atoms with Gasteiger partial charge in [0.25, 0.3) is 5.69 Å². The minimum atomic E-state index is -0.786. The van der Waals surface area contributed by atoms with Crippen LogP contribution in [0.4, 0.5) is 5.69 Å². The van der Waals surface area contributed by atoms with Gasteiger partial charge < -0.3 is 14.2 Å². The first-order chi connectivity index (χ1) is 11.1. The molecule has 0 amide bonds. The molecule has 0 bridgehead atoms. The highest BCUT2D eigenvalue weighted by molar-refractivity contribution is 7.09. The van der Waals surface area contributed by atoms with Crippen LogP contribution in [0.5, 0.6) is 11.5 Å². The van der Waals surface area contributed by atoms with Gasteiger partial charge in [-0.2, -0.15) is 0 Å². The summed E-state index contributed by atoms with van der Waals surface area (Å²) in [6.07, 6.45) is 0. The average molecular weight is 337 g/mol. The van der Waals surface area contributed by atoms with Crippen molar-refractivity contribution in [1.82, 2.24) is 0 Å². The van der Waals surface area contributed by atoms with Gasteiger partial charge >= 0.3 is 5.97 Å². The Labute approximate surface area is 136 Å². The maximum atomic E-state index is 12.2. The third kappa shape index (κ3) is 3.98. The lowest BCUT2D eigenvalue weighted by molar-refractivity contribution is -0.385. The molecule has 0 N–H and O–H groups in total. The summed E-state index contributed by atoms with van der Waals surface area (Å²) in [6.45, 7) is 2.12. The van der Waals surface area contributed by atoms with E-state index in [0.29, 0.717) is 6.61 Å². The zero-order valence-electron chi connectivity index (χ0n) is 12.6. The molecule has 1 heterocycles. The number of methoxy groups -OCH3 is 1. The van der Waals surface area contributed by atoms with Gasteiger partial charge in [-0.15, -0.1) is 11.3 Å². The Bertz CT molecular complexity index is 698. The van der Waals surface area contributed by atoms with Crippen molar-refractivity contribution >= 4 is 23.0 Å². The van der Waals surface area contributed by atoms with Gasteiger partial charge in [0.1, 0.15) is 12.2 Å². The molecule has 1 aromatic heterocycles. The Balaban J connectivity index is 2.31. The van der Waals surface area contributed by atoms with E-state index in [2.05, 4.69) is 0 Å². The number of rotatable bonds is 7. The molecule has 0 radical (unpaired) electrons. The fraction of sp³-hybridized carbons (Fsp3) is 0.267. The minimum Gasteiger partial charge on any atom is -0.493 e. The third-order valence-corrected chi connectivity index (χ3v) is 3.77. The lowest BCUT2D eigenvalue weighted by Crippen LogP contribution is -2.09. The van der Waals surface area contributed by atoms with E-state index in [4.69, 9.17) is 14.2 Å². The van der Waals surface area contributed by atoms with Crippen molar-refractivity contribution in [3.8, 4) is 11.5 Å². The van der Waals surface area contributed by atoms with Crippen molar-refractivity contribution in [3.05, 3.63) is 50.2 Å². The number of nitro groups is 1. The molecule has 7 nitrogen and oxygen atoms in total. The molecule has 0 fully saturated rings. The first kappa shape index (κ1) is 16.8. The van der Waals surface area contributed by atoms with Crippen LogP contribution < -0.4 is 9.47 Å². The Hall–Kier alpha value is -2.61. The highest BCUT2D eigenvalue weighted by Gasteiger charge is 2.26. The second-order valence-corrected chi connectivity index (χ2v) is 5.40. The van der Waals surface area contributed by atoms with Gasteiger partial charge in [0, 0.05) is 10.9 Å². The van der Waals surface area contributed by atoms with Gasteiger partial charge in [-0.05, 0) is 18.4 Å². The Morgan fingerprint density at radius 2 is 2.13 bits per heavy atom. The average Bonchev–Trinajstić information content (AvgIpc) is 3.05. The maximum absolute atomic E-state index is 12.2. The predicted octanol–water partition coefficient (Wildman–Crippen LogP) is 3.42. The molecular formula is C15H15NO6S. The van der Waals surface area contributed by atoms with Crippen molar-refractivity contribution in [2.45, 2.75) is 13.5 Å². The summed E-state index contributed by atoms with van der Waals surface area (Å²) < 4.78 is 15.5. The number of thiophene rings is 1. The number of esters is 1. The topological polar surface area (TPSA) is 87.9 Å². The Morgan fingerprint density at radius 3 is 2.70 bits per heavy atom. The number of hydrogen-bond acceptors (Lipinski definition) is 7. The molecule has 0 aliphatic carbocycles. The maximum Gasteiger partial charge on any atom is 0.345 e. The van der Waals surface area contributed by atoms with E-state index in [1.807, 2.05) is 17.5 Å². The van der Waals surface area contributed by atoms with Crippen LogP contribution >= 0.6 is 11.3 Å². The zero-order valence-corrected chi connectivity index (χ0v) is 13.4. The lowest BCUT2D eigenvalue weighted by Gasteiger charge is -2.11. The van der Waals surface area contributed by atoms with Crippen LogP contribution in [0.1, 0.15) is 22.2 Å². The van der Waals surface area contributed by atoms with Crippen molar-refractivity contribution in [1.29, 1.82) is 0 Å². The van der Waals surface area contributed by atoms with Crippen LogP contribution in [0.2, 0.25) is 0 Å². The highest BCUT2D eigenvalue weighted by atomic mass is 32.1. The summed E-state index contributed by atoms with van der Waals surface area (Å²) in [7, 11) is 1.39. The van der Waals surface area contributed by atoms with Crippen LogP contribution in [0.15, 0.2) is 29.6 Å². The number of carbonyl (C=O) groups is 1. The highest BCUT2D eigenvalue weighted by Crippen LogP contribution is 2.35. The fourth-order valence-electron chi connectivity index (χ4n) is 1.90. The summed E-state index contributed by atoms with van der Waals surface area (Å²) >= 11 is 1.43. The van der Waals surface area contributed by atoms with Gasteiger partial charge in [0.15, 0.2) is 11.5 Å². The number of hydrogen-bond donors (Lipinski definition) is 0. The Morgan fingerprint density at radius 1 is 1.35 bits per heavy atom. The lowest BCUT2D eigenvalue weighted by atomic mass is 10.1. The molecule has 8 heteroatoms. The number of carbonyl (C=O) groups excluding carboxylic acids is 1. The van der Waals surface area contributed by atoms with E-state index < -0.39 is 10.9 Å². The molecule has 0 saturated heterocycles. The van der Waals surface area contributed by atoms with Crippen LogP contribution in [-0.2, 0) is 11.3 Å². The van der Waals surface area contributed by atoms with Crippen molar-refractivity contribution in [2.75, 3.05) is 13.7 Å². The van der Waals surface area contributed by atoms with Gasteiger partial charge in [-0.1, -0.05) is 6.07 Å². The fourth-order valence-corrected chi connectivity index (χ4v) is 2.52. The third-order valence-electron chi connectivity index (χ3n) is 2.92. The number of nitro benzene ring substituents is 1. The second kappa shape index (κ2) is 7.59. The van der Waals surface area contributed by atoms with Gasteiger partial charge in [0.2, 0.25) is 0 Å². The van der Waals surface area contributed by atoms with Gasteiger partial charge in [-0.25, -0.2) is 4.79 Å². The van der Waals surface area contributed by atoms with E-state index in [9.17, 15) is 14.9 Å². The van der Waals surface area contributed by atoms with E-state index in [0.717, 1.165) is 4.88 Å². The molecule has 1 aromatic carbocycles. The number of nitrogens with zero attached hydrogens (tertiary/aromatic N) is 1. The summed E-state index contributed by atoms with van der Waals surface area (Å²) in [5.74, 6) is -0.344. The second-order valence-electron chi connectivity index (χ2n) is 4.37. The molecular weight excluding hydrogens is 322 g/mol. The Kier molecular flexibility index (Phi) is 5.53. The summed E-state index contributed by atoms with van der Waals surface area (Å²) in [5, 5.41) is 13.1. The molecule has 0 aliphatic heterocycles. The first-order valence-electron chi connectivity index (χ1n) is 6.75. The molecule has 0 spiro atoms. The summed E-state index contributed by atoms with van der Waals surface area (Å²) in [4.78, 5) is 23.6. The number of ether oxygens (including phenoxy) is 3. The van der Waals surface area contributed by atoms with E-state index in [-0.39, 0.29) is 29.4 Å². The van der Waals surface area contributed by atoms with Crippen LogP contribution in [0, 0.1) is 10.1 Å². The zero-order chi connectivity index (χ0) is 16.8. The van der Waals surface area contributed by atoms with Gasteiger partial charge in [0.05, 0.1) is 24.7 Å². The monoisotopic (exact) mass is 337 g/mol. The van der Waals surface area contributed by atoms with Crippen LogP contribution in [-0.4, -0.2) is 24.6 Å². The molecule has 2 rings (SSSR count). The molecule has 0 atom stereocenters. The molecule has 122 valence electrons. The predicted molar refractivity (Wildman–Crippen MR) is 84.3 cm³/mol. The molecule has 0 saturated carbocycles. The summed E-state index contributed by atoms with van der Waals surface area (Å²) in [5.41, 5.74) is -0.558. The summed E-state index contributed by atoms with van der Waals surface area (Å²) in [6, 6.07) is 6.07. The molecule has 23 heavy (non-hydrogen) atoms. The van der Waals surface area contributed by atoms with E-state index in [1.54, 1.807) is 6.92 Å². The number of benzene rings is 1. The SMILES string of the molecule is CCOc1cc([N+](=O)[O-])c(C(=O)OCc2cccs2)cc1OC. The van der Waals surface area contributed by atoms with Crippen molar-refractivity contribution in [3.63, 3.8) is 0 Å². The smallest absolute Gasteiger partial charge is 0.345 e. The van der Waals surface area contributed by atoms with Crippen molar-refractivity contribution in [2.24, 2.45) is 0 Å². The standard InChI is InChI=1S/C15H15NO6S/c1-3-21-14-8-12(16(18)19)11(7-13(14)20-2)15(17)22-9-10-5-4-6-23-10/h4-8H,3,9H2,1-2H3. The first-order valence-corrected chi connectivity index (χ1v) is 7.63. The molecule has 0 aliphatic rings. The minimum absolute atomic E-state index is 0.0587. The van der Waals surface area contributed by atoms with Crippen LogP contribution in [0.3, 0.4) is 0 Å². The van der Waals surface area contributed by atoms with Crippen molar-refractivity contribution < 1.29 is 23.9 Å². The van der Waals surface area contributed by atoms with E-state index >= 15 is 0 Å².